The van der Waals surface area contributed by atoms with E-state index in [0.717, 1.165) is 36.5 Å². The molecule has 154 valence electrons. The van der Waals surface area contributed by atoms with Crippen molar-refractivity contribution in [1.82, 2.24) is 15.5 Å². The number of amides is 2. The van der Waals surface area contributed by atoms with Crippen LogP contribution < -0.4 is 10.6 Å². The van der Waals surface area contributed by atoms with Crippen LogP contribution in [0.1, 0.15) is 48.1 Å². The van der Waals surface area contributed by atoms with Crippen molar-refractivity contribution in [2.24, 2.45) is 0 Å². The summed E-state index contributed by atoms with van der Waals surface area (Å²) < 4.78 is 0. The Labute approximate surface area is 177 Å². The number of hydrogen-bond donors (Lipinski definition) is 2. The number of halogens is 1. The fourth-order valence-electron chi connectivity index (χ4n) is 3.74. The van der Waals surface area contributed by atoms with Gasteiger partial charge in [-0.1, -0.05) is 48.0 Å². The highest BCUT2D eigenvalue weighted by molar-refractivity contribution is 6.31. The Morgan fingerprint density at radius 3 is 2.38 bits per heavy atom. The molecular weight excluding hydrogens is 386 g/mol. The van der Waals surface area contributed by atoms with Crippen LogP contribution in [0.2, 0.25) is 5.02 Å². The first-order valence-electron chi connectivity index (χ1n) is 10.2. The smallest absolute Gasteiger partial charge is 0.251 e. The fourth-order valence-corrected chi connectivity index (χ4v) is 4.00. The molecule has 2 amide bonds. The van der Waals surface area contributed by atoms with Gasteiger partial charge >= 0.3 is 0 Å². The zero-order valence-electron chi connectivity index (χ0n) is 16.7. The van der Waals surface area contributed by atoms with E-state index in [4.69, 9.17) is 11.6 Å². The third kappa shape index (κ3) is 6.05. The number of likely N-dealkylation sites (tertiary alicyclic amines) is 1. The van der Waals surface area contributed by atoms with Gasteiger partial charge in [-0.05, 0) is 56.6 Å². The minimum absolute atomic E-state index is 0.0596. The highest BCUT2D eigenvalue weighted by Gasteiger charge is 2.25. The van der Waals surface area contributed by atoms with Gasteiger partial charge in [0, 0.05) is 29.6 Å². The molecular formula is C23H28ClN3O2. The molecule has 2 N–H and O–H groups in total. The molecule has 5 nitrogen and oxygen atoms in total. The van der Waals surface area contributed by atoms with E-state index in [-0.39, 0.29) is 30.3 Å². The summed E-state index contributed by atoms with van der Waals surface area (Å²) in [5.74, 6) is -0.251. The second kappa shape index (κ2) is 10.4. The van der Waals surface area contributed by atoms with E-state index in [1.165, 1.54) is 0 Å². The third-order valence-electron chi connectivity index (χ3n) is 5.24. The highest BCUT2D eigenvalue weighted by Crippen LogP contribution is 2.29. The maximum atomic E-state index is 12.5. The van der Waals surface area contributed by atoms with Gasteiger partial charge in [-0.3, -0.25) is 14.5 Å². The van der Waals surface area contributed by atoms with Gasteiger partial charge in [0.1, 0.15) is 0 Å². The molecule has 2 atom stereocenters. The van der Waals surface area contributed by atoms with Crippen molar-refractivity contribution in [2.45, 2.75) is 38.3 Å². The molecule has 0 bridgehead atoms. The van der Waals surface area contributed by atoms with E-state index >= 15 is 0 Å². The Hall–Kier alpha value is -2.37. The van der Waals surface area contributed by atoms with Crippen LogP contribution in [-0.4, -0.2) is 42.4 Å². The van der Waals surface area contributed by atoms with Crippen molar-refractivity contribution in [3.8, 4) is 0 Å². The van der Waals surface area contributed by atoms with E-state index in [1.54, 1.807) is 12.1 Å². The van der Waals surface area contributed by atoms with Gasteiger partial charge in [-0.15, -0.1) is 0 Å². The first-order valence-corrected chi connectivity index (χ1v) is 10.5. The summed E-state index contributed by atoms with van der Waals surface area (Å²) in [7, 11) is 0. The monoisotopic (exact) mass is 413 g/mol. The molecule has 0 unspecified atom stereocenters. The minimum atomic E-state index is -0.256. The van der Waals surface area contributed by atoms with Gasteiger partial charge in [0.05, 0.1) is 6.04 Å². The van der Waals surface area contributed by atoms with E-state index in [9.17, 15) is 9.59 Å². The lowest BCUT2D eigenvalue weighted by Crippen LogP contribution is -2.40. The Balaban J connectivity index is 1.54. The first-order chi connectivity index (χ1) is 14.0. The van der Waals surface area contributed by atoms with Crippen LogP contribution in [0.4, 0.5) is 0 Å². The molecule has 29 heavy (non-hydrogen) atoms. The summed E-state index contributed by atoms with van der Waals surface area (Å²) in [6, 6.07) is 16.6. The van der Waals surface area contributed by atoms with Gasteiger partial charge in [-0.25, -0.2) is 0 Å². The molecule has 1 aliphatic heterocycles. The molecule has 6 heteroatoms. The summed E-state index contributed by atoms with van der Waals surface area (Å²) in [5, 5.41) is 6.64. The number of hydrogen-bond acceptors (Lipinski definition) is 3. The predicted octanol–water partition coefficient (Wildman–Crippen LogP) is 3.80. The van der Waals surface area contributed by atoms with Crippen LogP contribution >= 0.6 is 11.6 Å². The number of carbonyl (C=O) groups is 2. The van der Waals surface area contributed by atoms with E-state index in [0.29, 0.717) is 12.1 Å². The van der Waals surface area contributed by atoms with Crippen molar-refractivity contribution in [2.75, 3.05) is 19.6 Å². The van der Waals surface area contributed by atoms with Crippen LogP contribution in [0.15, 0.2) is 54.6 Å². The molecule has 0 aromatic heterocycles. The molecule has 2 aromatic carbocycles. The van der Waals surface area contributed by atoms with Crippen molar-refractivity contribution in [3.63, 3.8) is 0 Å². The Morgan fingerprint density at radius 2 is 1.69 bits per heavy atom. The molecule has 0 radical (unpaired) electrons. The summed E-state index contributed by atoms with van der Waals surface area (Å²) in [4.78, 5) is 27.1. The van der Waals surface area contributed by atoms with Crippen molar-refractivity contribution < 1.29 is 9.59 Å². The van der Waals surface area contributed by atoms with E-state index in [1.807, 2.05) is 49.4 Å². The van der Waals surface area contributed by atoms with Gasteiger partial charge in [-0.2, -0.15) is 0 Å². The second-order valence-electron chi connectivity index (χ2n) is 7.53. The minimum Gasteiger partial charge on any atom is -0.354 e. The van der Waals surface area contributed by atoms with Crippen LogP contribution in [0.3, 0.4) is 0 Å². The number of nitrogens with one attached hydrogen (secondary N) is 2. The van der Waals surface area contributed by atoms with Crippen LogP contribution in [0.5, 0.6) is 0 Å². The number of benzene rings is 2. The maximum absolute atomic E-state index is 12.5. The van der Waals surface area contributed by atoms with Gasteiger partial charge < -0.3 is 10.6 Å². The molecule has 3 rings (SSSR count). The molecule has 1 saturated heterocycles. The highest BCUT2D eigenvalue weighted by atomic mass is 35.5. The number of rotatable bonds is 8. The van der Waals surface area contributed by atoms with Crippen molar-refractivity contribution in [1.29, 1.82) is 0 Å². The molecule has 0 saturated carbocycles. The summed E-state index contributed by atoms with van der Waals surface area (Å²) in [6.45, 7) is 4.36. The topological polar surface area (TPSA) is 61.4 Å². The summed E-state index contributed by atoms with van der Waals surface area (Å²) in [6.07, 6.45) is 2.56. The lowest BCUT2D eigenvalue weighted by Gasteiger charge is -2.29. The molecule has 1 heterocycles. The van der Waals surface area contributed by atoms with E-state index in [2.05, 4.69) is 15.5 Å². The van der Waals surface area contributed by atoms with Gasteiger partial charge in [0.25, 0.3) is 5.91 Å². The van der Waals surface area contributed by atoms with Crippen molar-refractivity contribution in [3.05, 3.63) is 70.7 Å². The van der Waals surface area contributed by atoms with Gasteiger partial charge in [0.2, 0.25) is 5.91 Å². The average molecular weight is 414 g/mol. The van der Waals surface area contributed by atoms with Gasteiger partial charge in [0.15, 0.2) is 0 Å². The Morgan fingerprint density at radius 1 is 1.03 bits per heavy atom. The predicted molar refractivity (Wildman–Crippen MR) is 116 cm³/mol. The third-order valence-corrected chi connectivity index (χ3v) is 5.59. The van der Waals surface area contributed by atoms with E-state index < -0.39 is 0 Å². The molecule has 0 aliphatic carbocycles. The SMILES string of the molecule is C[C@H](CC(=O)NC[C@@H](c1ccccc1Cl)N1CCCC1)NC(=O)c1ccccc1. The summed E-state index contributed by atoms with van der Waals surface area (Å²) >= 11 is 6.43. The zero-order chi connectivity index (χ0) is 20.6. The lowest BCUT2D eigenvalue weighted by atomic mass is 10.1. The molecule has 2 aromatic rings. The number of carbonyl (C=O) groups excluding carboxylic acids is 2. The lowest BCUT2D eigenvalue weighted by molar-refractivity contribution is -0.121. The quantitative estimate of drug-likeness (QED) is 0.691. The van der Waals surface area contributed by atoms with Crippen LogP contribution in [0.25, 0.3) is 0 Å². The Bertz CT molecular complexity index is 822. The first kappa shape index (κ1) is 21.3. The molecule has 1 fully saturated rings. The van der Waals surface area contributed by atoms with Crippen molar-refractivity contribution >= 4 is 23.4 Å². The average Bonchev–Trinajstić information content (AvgIpc) is 3.24. The molecule has 0 spiro atoms. The van der Waals surface area contributed by atoms with Crippen LogP contribution in [0, 0.1) is 0 Å². The number of nitrogens with zero attached hydrogens (tertiary/aromatic N) is 1. The standard InChI is InChI=1S/C23H28ClN3O2/c1-17(26-23(29)18-9-3-2-4-10-18)15-22(28)25-16-21(27-13-7-8-14-27)19-11-5-6-12-20(19)24/h2-6,9-12,17,21H,7-8,13-16H2,1H3,(H,25,28)(H,26,29)/t17-,21+/m1/s1. The normalized spacial score (nSPS) is 16.2. The van der Waals surface area contributed by atoms with Crippen LogP contribution in [-0.2, 0) is 4.79 Å². The Kier molecular flexibility index (Phi) is 7.67. The summed E-state index contributed by atoms with van der Waals surface area (Å²) in [5.41, 5.74) is 1.63. The fraction of sp³-hybridized carbons (Fsp3) is 0.391. The largest absolute Gasteiger partial charge is 0.354 e. The zero-order valence-corrected chi connectivity index (χ0v) is 17.5. The maximum Gasteiger partial charge on any atom is 0.251 e. The second-order valence-corrected chi connectivity index (χ2v) is 7.94. The molecule has 1 aliphatic rings.